The van der Waals surface area contributed by atoms with Gasteiger partial charge in [-0.2, -0.15) is 5.26 Å². The zero-order valence-electron chi connectivity index (χ0n) is 9.17. The highest BCUT2D eigenvalue weighted by Gasteiger charge is 2.38. The molecule has 0 saturated carbocycles. The number of ether oxygens (including phenoxy) is 1. The summed E-state index contributed by atoms with van der Waals surface area (Å²) in [5, 5.41) is 11.9. The molecule has 1 aliphatic heterocycles. The fourth-order valence-electron chi connectivity index (χ4n) is 1.66. The molecule has 0 bridgehead atoms. The maximum atomic E-state index is 13.3. The molecule has 0 spiro atoms. The monoisotopic (exact) mass is 238 g/mol. The van der Waals surface area contributed by atoms with E-state index in [0.29, 0.717) is 25.3 Å². The lowest BCUT2D eigenvalue weighted by Crippen LogP contribution is -2.48. The summed E-state index contributed by atoms with van der Waals surface area (Å²) in [6.45, 7) is 1.53. The smallest absolute Gasteiger partial charge is 0.130 e. The Hall–Kier alpha value is -1.51. The topological polar surface area (TPSA) is 45.0 Å². The van der Waals surface area contributed by atoms with E-state index in [-0.39, 0.29) is 6.54 Å². The number of nitrogens with zero attached hydrogens (tertiary/aromatic N) is 1. The van der Waals surface area contributed by atoms with Crippen molar-refractivity contribution in [3.05, 3.63) is 35.4 Å². The Morgan fingerprint density at radius 3 is 2.71 bits per heavy atom. The third kappa shape index (κ3) is 2.60. The lowest BCUT2D eigenvalue weighted by molar-refractivity contribution is -0.0755. The molecule has 1 aromatic carbocycles. The van der Waals surface area contributed by atoms with Gasteiger partial charge in [0.25, 0.3) is 0 Å². The fourth-order valence-corrected chi connectivity index (χ4v) is 1.66. The lowest BCUT2D eigenvalue weighted by Gasteiger charge is -2.35. The Balaban J connectivity index is 1.88. The maximum absolute atomic E-state index is 13.3. The first kappa shape index (κ1) is 12.0. The molecule has 3 nitrogen and oxygen atoms in total. The van der Waals surface area contributed by atoms with Crippen LogP contribution in [-0.4, -0.2) is 19.8 Å². The number of hydrogen-bond acceptors (Lipinski definition) is 3. The quantitative estimate of drug-likeness (QED) is 0.866. The molecule has 1 fully saturated rings. The molecule has 1 saturated heterocycles. The minimum Gasteiger partial charge on any atom is -0.378 e. The highest BCUT2D eigenvalue weighted by atomic mass is 19.1. The third-order valence-electron chi connectivity index (χ3n) is 2.79. The van der Waals surface area contributed by atoms with Crippen molar-refractivity contribution < 1.29 is 13.5 Å². The van der Waals surface area contributed by atoms with Crippen molar-refractivity contribution in [1.82, 2.24) is 5.32 Å². The van der Waals surface area contributed by atoms with Gasteiger partial charge in [0, 0.05) is 24.7 Å². The van der Waals surface area contributed by atoms with Gasteiger partial charge in [-0.3, -0.25) is 0 Å². The molecule has 1 heterocycles. The number of nitrogens with one attached hydrogen (secondary N) is 1. The summed E-state index contributed by atoms with van der Waals surface area (Å²) in [6, 6.07) is 5.65. The highest BCUT2D eigenvalue weighted by molar-refractivity contribution is 5.18. The van der Waals surface area contributed by atoms with E-state index in [4.69, 9.17) is 10.00 Å². The van der Waals surface area contributed by atoms with Gasteiger partial charge in [0.05, 0.1) is 19.3 Å². The molecular weight excluding hydrogens is 226 g/mol. The van der Waals surface area contributed by atoms with Crippen molar-refractivity contribution in [2.24, 2.45) is 5.41 Å². The Bertz CT molecular complexity index is 452. The largest absolute Gasteiger partial charge is 0.378 e. The second-order valence-corrected chi connectivity index (χ2v) is 4.22. The van der Waals surface area contributed by atoms with Crippen molar-refractivity contribution in [2.75, 3.05) is 19.8 Å². The zero-order chi connectivity index (χ0) is 12.3. The molecule has 90 valence electrons. The average molecular weight is 238 g/mol. The van der Waals surface area contributed by atoms with E-state index in [1.54, 1.807) is 0 Å². The molecule has 0 aliphatic carbocycles. The van der Waals surface area contributed by atoms with Crippen LogP contribution < -0.4 is 5.32 Å². The van der Waals surface area contributed by atoms with Gasteiger partial charge in [-0.05, 0) is 6.07 Å². The fraction of sp³-hybridized carbons (Fsp3) is 0.417. The Kier molecular flexibility index (Phi) is 3.36. The van der Waals surface area contributed by atoms with Crippen LogP contribution in [0.2, 0.25) is 0 Å². The van der Waals surface area contributed by atoms with E-state index < -0.39 is 17.0 Å². The zero-order valence-corrected chi connectivity index (χ0v) is 9.17. The van der Waals surface area contributed by atoms with Crippen LogP contribution in [-0.2, 0) is 11.3 Å². The summed E-state index contributed by atoms with van der Waals surface area (Å²) in [5.74, 6) is -1.17. The van der Waals surface area contributed by atoms with E-state index >= 15 is 0 Å². The summed E-state index contributed by atoms with van der Waals surface area (Å²) in [7, 11) is 0. The number of rotatable bonds is 4. The van der Waals surface area contributed by atoms with Crippen molar-refractivity contribution in [2.45, 2.75) is 6.54 Å². The van der Waals surface area contributed by atoms with Gasteiger partial charge in [-0.15, -0.1) is 0 Å². The molecule has 1 N–H and O–H groups in total. The van der Waals surface area contributed by atoms with Crippen LogP contribution in [0.5, 0.6) is 0 Å². The first-order valence-corrected chi connectivity index (χ1v) is 5.29. The van der Waals surface area contributed by atoms with Gasteiger partial charge in [0.1, 0.15) is 17.0 Å². The molecule has 0 amide bonds. The van der Waals surface area contributed by atoms with Crippen LogP contribution in [0.25, 0.3) is 0 Å². The molecule has 0 aromatic heterocycles. The Morgan fingerprint density at radius 2 is 2.18 bits per heavy atom. The van der Waals surface area contributed by atoms with Crippen molar-refractivity contribution in [3.8, 4) is 6.07 Å². The summed E-state index contributed by atoms with van der Waals surface area (Å²) >= 11 is 0. The molecule has 1 aromatic rings. The number of benzene rings is 1. The second kappa shape index (κ2) is 4.78. The summed E-state index contributed by atoms with van der Waals surface area (Å²) in [5.41, 5.74) is -0.101. The Labute approximate surface area is 98.0 Å². The van der Waals surface area contributed by atoms with Crippen LogP contribution in [0.1, 0.15) is 5.56 Å². The summed E-state index contributed by atoms with van der Waals surface area (Å²) < 4.78 is 30.9. The molecule has 0 atom stereocenters. The van der Waals surface area contributed by atoms with Gasteiger partial charge < -0.3 is 10.1 Å². The minimum absolute atomic E-state index is 0.273. The third-order valence-corrected chi connectivity index (χ3v) is 2.79. The van der Waals surface area contributed by atoms with E-state index in [0.717, 1.165) is 6.07 Å². The van der Waals surface area contributed by atoms with E-state index in [1.807, 2.05) is 0 Å². The first-order valence-electron chi connectivity index (χ1n) is 5.29. The van der Waals surface area contributed by atoms with Crippen LogP contribution in [0, 0.1) is 28.4 Å². The van der Waals surface area contributed by atoms with Gasteiger partial charge in [-0.1, -0.05) is 6.07 Å². The van der Waals surface area contributed by atoms with Gasteiger partial charge in [-0.25, -0.2) is 8.78 Å². The number of halogens is 2. The van der Waals surface area contributed by atoms with Crippen LogP contribution in [0.4, 0.5) is 8.78 Å². The van der Waals surface area contributed by atoms with Crippen molar-refractivity contribution >= 4 is 0 Å². The molecular formula is C12H12F2N2O. The molecule has 5 heteroatoms. The van der Waals surface area contributed by atoms with Crippen LogP contribution in [0.3, 0.4) is 0 Å². The SMILES string of the molecule is N#CC1(CNCc2ccc(F)cc2F)COC1. The van der Waals surface area contributed by atoms with Crippen LogP contribution in [0.15, 0.2) is 18.2 Å². The molecule has 0 radical (unpaired) electrons. The highest BCUT2D eigenvalue weighted by Crippen LogP contribution is 2.25. The number of hydrogen-bond donors (Lipinski definition) is 1. The van der Waals surface area contributed by atoms with E-state index in [2.05, 4.69) is 11.4 Å². The lowest BCUT2D eigenvalue weighted by atomic mass is 9.88. The van der Waals surface area contributed by atoms with Gasteiger partial charge >= 0.3 is 0 Å². The number of nitriles is 1. The molecule has 1 aliphatic rings. The summed E-state index contributed by atoms with van der Waals surface area (Å²) in [4.78, 5) is 0. The standard InChI is InChI=1S/C12H12F2N2O/c13-10-2-1-9(11(14)3-10)4-16-6-12(5-15)7-17-8-12/h1-3,16H,4,6-8H2. The van der Waals surface area contributed by atoms with Gasteiger partial charge in [0.2, 0.25) is 0 Å². The van der Waals surface area contributed by atoms with Gasteiger partial charge in [0.15, 0.2) is 0 Å². The predicted octanol–water partition coefficient (Wildman–Crippen LogP) is 1.59. The average Bonchev–Trinajstić information content (AvgIpc) is 2.25. The maximum Gasteiger partial charge on any atom is 0.130 e. The van der Waals surface area contributed by atoms with E-state index in [1.165, 1.54) is 12.1 Å². The first-order chi connectivity index (χ1) is 8.15. The molecule has 2 rings (SSSR count). The predicted molar refractivity (Wildman–Crippen MR) is 56.9 cm³/mol. The molecule has 17 heavy (non-hydrogen) atoms. The second-order valence-electron chi connectivity index (χ2n) is 4.22. The Morgan fingerprint density at radius 1 is 1.41 bits per heavy atom. The normalized spacial score (nSPS) is 17.2. The minimum atomic E-state index is -0.591. The molecule has 0 unspecified atom stereocenters. The van der Waals surface area contributed by atoms with Crippen LogP contribution >= 0.6 is 0 Å². The van der Waals surface area contributed by atoms with E-state index in [9.17, 15) is 8.78 Å². The van der Waals surface area contributed by atoms with Crippen molar-refractivity contribution in [3.63, 3.8) is 0 Å². The van der Waals surface area contributed by atoms with Crippen molar-refractivity contribution in [1.29, 1.82) is 5.26 Å². The summed E-state index contributed by atoms with van der Waals surface area (Å²) in [6.07, 6.45) is 0.